The minimum Gasteiger partial charge on any atom is -0.507 e. The number of pyridine rings is 1. The third-order valence-electron chi connectivity index (χ3n) is 6.02. The van der Waals surface area contributed by atoms with Gasteiger partial charge in [-0.1, -0.05) is 23.7 Å². The van der Waals surface area contributed by atoms with Crippen LogP contribution in [0.3, 0.4) is 0 Å². The predicted octanol–water partition coefficient (Wildman–Crippen LogP) is 4.92. The minimum absolute atomic E-state index is 0.0286. The highest BCUT2D eigenvalue weighted by molar-refractivity contribution is 6.30. The molecule has 2 amide bonds. The van der Waals surface area contributed by atoms with Gasteiger partial charge in [-0.25, -0.2) is 4.98 Å². The molecule has 0 atom stereocenters. The molecule has 0 radical (unpaired) electrons. The number of halogens is 1. The quantitative estimate of drug-likeness (QED) is 0.285. The van der Waals surface area contributed by atoms with Crippen molar-refractivity contribution in [3.8, 4) is 34.2 Å². The number of hydrogen-bond acceptors (Lipinski definition) is 7. The largest absolute Gasteiger partial charge is 0.507 e. The van der Waals surface area contributed by atoms with Crippen LogP contribution in [0.5, 0.6) is 5.75 Å². The number of nitrogens with two attached hydrogens (primary N) is 1. The molecule has 0 bridgehead atoms. The molecule has 5 N–H and O–H groups in total. The molecule has 1 aliphatic rings. The van der Waals surface area contributed by atoms with Gasteiger partial charge < -0.3 is 25.9 Å². The second kappa shape index (κ2) is 9.43. The number of aromatic hydroxyl groups is 1. The van der Waals surface area contributed by atoms with Crippen molar-refractivity contribution >= 4 is 34.9 Å². The Morgan fingerprint density at radius 2 is 1.89 bits per heavy atom. The summed E-state index contributed by atoms with van der Waals surface area (Å²) in [4.78, 5) is 29.7. The van der Waals surface area contributed by atoms with E-state index in [0.29, 0.717) is 40.2 Å². The molecule has 37 heavy (non-hydrogen) atoms. The summed E-state index contributed by atoms with van der Waals surface area (Å²) in [5.41, 5.74) is 7.34. The highest BCUT2D eigenvalue weighted by Crippen LogP contribution is 2.38. The van der Waals surface area contributed by atoms with Crippen LogP contribution in [0.2, 0.25) is 5.02 Å². The number of hydrogen-bond donors (Lipinski definition) is 4. The van der Waals surface area contributed by atoms with E-state index in [1.54, 1.807) is 48.5 Å². The SMILES string of the molecule is N#Cc1c(-c2cccc(NC(=O)C3(N)CC3)c2)cc(-c2ccc(Cl)cc2O)nc1NC(=O)c1ccco1. The van der Waals surface area contributed by atoms with E-state index in [1.807, 2.05) is 0 Å². The summed E-state index contributed by atoms with van der Waals surface area (Å²) in [6, 6.07) is 18.2. The second-order valence-corrected chi connectivity index (χ2v) is 9.11. The first-order chi connectivity index (χ1) is 17.8. The summed E-state index contributed by atoms with van der Waals surface area (Å²) in [5.74, 6) is -1.00. The molecule has 2 aromatic heterocycles. The first-order valence-corrected chi connectivity index (χ1v) is 11.6. The van der Waals surface area contributed by atoms with Gasteiger partial charge >= 0.3 is 0 Å². The lowest BCUT2D eigenvalue weighted by Gasteiger charge is -2.15. The highest BCUT2D eigenvalue weighted by Gasteiger charge is 2.45. The van der Waals surface area contributed by atoms with Crippen molar-refractivity contribution in [1.29, 1.82) is 5.26 Å². The Morgan fingerprint density at radius 3 is 2.57 bits per heavy atom. The molecule has 0 saturated heterocycles. The Morgan fingerprint density at radius 1 is 1.08 bits per heavy atom. The van der Waals surface area contributed by atoms with Crippen LogP contribution in [0.15, 0.2) is 71.3 Å². The third kappa shape index (κ3) is 4.89. The van der Waals surface area contributed by atoms with Crippen molar-refractivity contribution < 1.29 is 19.1 Å². The average Bonchev–Trinajstić information content (AvgIpc) is 3.39. The van der Waals surface area contributed by atoms with Crippen LogP contribution in [-0.2, 0) is 4.79 Å². The van der Waals surface area contributed by atoms with E-state index in [1.165, 1.54) is 18.4 Å². The van der Waals surface area contributed by atoms with Crippen molar-refractivity contribution in [2.24, 2.45) is 5.73 Å². The van der Waals surface area contributed by atoms with E-state index < -0.39 is 11.4 Å². The summed E-state index contributed by atoms with van der Waals surface area (Å²) in [7, 11) is 0. The summed E-state index contributed by atoms with van der Waals surface area (Å²) < 4.78 is 5.16. The Balaban J connectivity index is 1.62. The van der Waals surface area contributed by atoms with E-state index >= 15 is 0 Å². The molecule has 1 saturated carbocycles. The van der Waals surface area contributed by atoms with Crippen molar-refractivity contribution in [2.75, 3.05) is 10.6 Å². The number of benzene rings is 2. The smallest absolute Gasteiger partial charge is 0.292 e. The van der Waals surface area contributed by atoms with Gasteiger partial charge in [0.2, 0.25) is 5.91 Å². The zero-order valence-electron chi connectivity index (χ0n) is 19.3. The molecule has 184 valence electrons. The molecule has 1 aliphatic carbocycles. The van der Waals surface area contributed by atoms with Crippen LogP contribution in [-0.4, -0.2) is 27.4 Å². The Bertz CT molecular complexity index is 1570. The number of carbonyl (C=O) groups excluding carboxylic acids is 2. The van der Waals surface area contributed by atoms with E-state index in [9.17, 15) is 20.0 Å². The minimum atomic E-state index is -0.854. The molecule has 0 aliphatic heterocycles. The summed E-state index contributed by atoms with van der Waals surface area (Å²) >= 11 is 6.00. The van der Waals surface area contributed by atoms with Crippen molar-refractivity contribution in [3.05, 3.63) is 83.3 Å². The van der Waals surface area contributed by atoms with Gasteiger partial charge in [0.25, 0.3) is 5.91 Å². The number of carbonyl (C=O) groups is 2. The Hall–Kier alpha value is -4.65. The molecular weight excluding hydrogens is 494 g/mol. The van der Waals surface area contributed by atoms with Crippen molar-refractivity contribution in [1.82, 2.24) is 4.98 Å². The number of amides is 2. The molecule has 4 aromatic rings. The topological polar surface area (TPSA) is 154 Å². The second-order valence-electron chi connectivity index (χ2n) is 8.67. The zero-order valence-corrected chi connectivity index (χ0v) is 20.0. The Labute approximate surface area is 216 Å². The number of furan rings is 1. The molecule has 0 unspecified atom stereocenters. The first-order valence-electron chi connectivity index (χ1n) is 11.3. The van der Waals surface area contributed by atoms with Crippen LogP contribution in [0.25, 0.3) is 22.4 Å². The number of aromatic nitrogens is 1. The molecule has 5 rings (SSSR count). The Kier molecular flexibility index (Phi) is 6.13. The van der Waals surface area contributed by atoms with Gasteiger partial charge in [0, 0.05) is 21.8 Å². The maximum atomic E-state index is 12.7. The molecule has 0 spiro atoms. The number of nitriles is 1. The first kappa shape index (κ1) is 24.1. The maximum Gasteiger partial charge on any atom is 0.292 e. The summed E-state index contributed by atoms with van der Waals surface area (Å²) in [5, 5.41) is 26.4. The van der Waals surface area contributed by atoms with E-state index in [-0.39, 0.29) is 34.5 Å². The number of anilines is 2. The normalized spacial score (nSPS) is 13.4. The lowest BCUT2D eigenvalue weighted by atomic mass is 9.97. The number of phenols is 1. The fourth-order valence-electron chi connectivity index (χ4n) is 3.79. The molecule has 2 aromatic carbocycles. The van der Waals surface area contributed by atoms with Gasteiger partial charge in [-0.05, 0) is 66.9 Å². The number of nitrogens with zero attached hydrogens (tertiary/aromatic N) is 2. The molecule has 1 fully saturated rings. The lowest BCUT2D eigenvalue weighted by Crippen LogP contribution is -2.37. The number of nitrogens with one attached hydrogen (secondary N) is 2. The maximum absolute atomic E-state index is 12.7. The average molecular weight is 514 g/mol. The van der Waals surface area contributed by atoms with Gasteiger partial charge in [-0.15, -0.1) is 0 Å². The van der Waals surface area contributed by atoms with E-state index in [0.717, 1.165) is 0 Å². The van der Waals surface area contributed by atoms with Crippen molar-refractivity contribution in [2.45, 2.75) is 18.4 Å². The van der Waals surface area contributed by atoms with Crippen LogP contribution < -0.4 is 16.4 Å². The standard InChI is InChI=1S/C27H20ClN5O4/c28-16-6-7-18(22(34)12-16)21-13-19(15-3-1-4-17(11-15)31-26(36)27(30)8-9-27)20(14-29)24(32-21)33-25(35)23-5-2-10-37-23/h1-7,10-13,34H,8-9,30H2,(H,31,36)(H,32,33,35). The van der Waals surface area contributed by atoms with Gasteiger partial charge in [0.15, 0.2) is 11.6 Å². The van der Waals surface area contributed by atoms with Crippen LogP contribution >= 0.6 is 11.6 Å². The zero-order chi connectivity index (χ0) is 26.2. The summed E-state index contributed by atoms with van der Waals surface area (Å²) in [6.45, 7) is 0. The summed E-state index contributed by atoms with van der Waals surface area (Å²) in [6.07, 6.45) is 2.59. The fourth-order valence-corrected chi connectivity index (χ4v) is 3.96. The van der Waals surface area contributed by atoms with Crippen LogP contribution in [0, 0.1) is 11.3 Å². The van der Waals surface area contributed by atoms with Crippen LogP contribution in [0.1, 0.15) is 29.0 Å². The number of phenolic OH excluding ortho intramolecular Hbond substituents is 1. The molecule has 10 heteroatoms. The van der Waals surface area contributed by atoms with Gasteiger partial charge in [0.1, 0.15) is 17.4 Å². The van der Waals surface area contributed by atoms with E-state index in [2.05, 4.69) is 21.7 Å². The predicted molar refractivity (Wildman–Crippen MR) is 138 cm³/mol. The highest BCUT2D eigenvalue weighted by atomic mass is 35.5. The molecular formula is C27H20ClN5O4. The van der Waals surface area contributed by atoms with Gasteiger partial charge in [-0.3, -0.25) is 9.59 Å². The van der Waals surface area contributed by atoms with Crippen molar-refractivity contribution in [3.63, 3.8) is 0 Å². The van der Waals surface area contributed by atoms with E-state index in [4.69, 9.17) is 21.8 Å². The molecule has 9 nitrogen and oxygen atoms in total. The third-order valence-corrected chi connectivity index (χ3v) is 6.25. The van der Waals surface area contributed by atoms with Gasteiger partial charge in [-0.2, -0.15) is 5.26 Å². The molecule has 2 heterocycles. The van der Waals surface area contributed by atoms with Gasteiger partial charge in [0.05, 0.1) is 17.5 Å². The monoisotopic (exact) mass is 513 g/mol. The van der Waals surface area contributed by atoms with Crippen LogP contribution in [0.4, 0.5) is 11.5 Å². The fraction of sp³-hybridized carbons (Fsp3) is 0.111. The number of rotatable bonds is 6. The lowest BCUT2D eigenvalue weighted by molar-refractivity contribution is -0.118.